The molecule has 0 N–H and O–H groups in total. The second kappa shape index (κ2) is 8.97. The number of rotatable bonds is 9. The van der Waals surface area contributed by atoms with Crippen LogP contribution in [0.5, 0.6) is 0 Å². The fraction of sp³-hybridized carbons (Fsp3) is 0.562. The lowest BCUT2D eigenvalue weighted by Gasteiger charge is -2.25. The van der Waals surface area contributed by atoms with Crippen LogP contribution in [0.4, 0.5) is 0 Å². The minimum Gasteiger partial charge on any atom is -0.466 e. The van der Waals surface area contributed by atoms with E-state index < -0.39 is 8.32 Å². The molecule has 0 radical (unpaired) electrons. The molecule has 0 spiro atoms. The molecule has 21 heavy (non-hydrogen) atoms. The number of hydrogen-bond acceptors (Lipinski definition) is 4. The Kier molecular flexibility index (Phi) is 7.64. The Morgan fingerprint density at radius 2 is 1.86 bits per heavy atom. The van der Waals surface area contributed by atoms with Gasteiger partial charge in [-0.05, 0) is 32.1 Å². The molecule has 0 saturated heterocycles. The molecule has 1 rings (SSSR count). The molecular weight excluding hydrogens is 284 g/mol. The molecule has 118 valence electrons. The molecule has 0 saturated carbocycles. The average Bonchev–Trinajstić information content (AvgIpc) is 2.38. The molecule has 1 aromatic rings. The van der Waals surface area contributed by atoms with Gasteiger partial charge in [0, 0.05) is 0 Å². The van der Waals surface area contributed by atoms with Gasteiger partial charge in [-0.15, -0.1) is 0 Å². The van der Waals surface area contributed by atoms with E-state index in [4.69, 9.17) is 13.9 Å². The molecule has 0 unspecified atom stereocenters. The SMILES string of the molecule is CCOC(=O)C[C@@H](COCc1ccccc1)O[Si](C)(C)C. The quantitative estimate of drug-likeness (QED) is 0.518. The van der Waals surface area contributed by atoms with Crippen molar-refractivity contribution in [1.82, 2.24) is 0 Å². The van der Waals surface area contributed by atoms with E-state index in [1.807, 2.05) is 30.3 Å². The van der Waals surface area contributed by atoms with Gasteiger partial charge < -0.3 is 13.9 Å². The summed E-state index contributed by atoms with van der Waals surface area (Å²) >= 11 is 0. The fourth-order valence-corrected chi connectivity index (χ4v) is 3.07. The van der Waals surface area contributed by atoms with E-state index in [1.165, 1.54) is 0 Å². The fourth-order valence-electron chi connectivity index (χ4n) is 1.92. The van der Waals surface area contributed by atoms with E-state index in [-0.39, 0.29) is 18.5 Å². The summed E-state index contributed by atoms with van der Waals surface area (Å²) in [7, 11) is -1.73. The van der Waals surface area contributed by atoms with Gasteiger partial charge in [0.15, 0.2) is 8.32 Å². The van der Waals surface area contributed by atoms with E-state index in [1.54, 1.807) is 6.92 Å². The lowest BCUT2D eigenvalue weighted by atomic mass is 10.2. The molecule has 0 aliphatic heterocycles. The standard InChI is InChI=1S/C16H26O4Si/c1-5-19-16(17)11-15(20-21(2,3)4)13-18-12-14-9-7-6-8-10-14/h6-10,15H,5,11-13H2,1-4H3/t15-/m0/s1. The highest BCUT2D eigenvalue weighted by atomic mass is 28.4. The Balaban J connectivity index is 2.46. The minimum atomic E-state index is -1.73. The lowest BCUT2D eigenvalue weighted by Crippen LogP contribution is -2.36. The van der Waals surface area contributed by atoms with Gasteiger partial charge in [-0.1, -0.05) is 30.3 Å². The van der Waals surface area contributed by atoms with Crippen LogP contribution >= 0.6 is 0 Å². The third kappa shape index (κ3) is 8.65. The van der Waals surface area contributed by atoms with Crippen molar-refractivity contribution in [1.29, 1.82) is 0 Å². The van der Waals surface area contributed by atoms with Crippen LogP contribution in [0, 0.1) is 0 Å². The summed E-state index contributed by atoms with van der Waals surface area (Å²) in [5.74, 6) is -0.232. The van der Waals surface area contributed by atoms with Gasteiger partial charge in [-0.3, -0.25) is 4.79 Å². The summed E-state index contributed by atoms with van der Waals surface area (Å²) in [4.78, 5) is 11.6. The first kappa shape index (κ1) is 17.9. The Morgan fingerprint density at radius 1 is 1.19 bits per heavy atom. The van der Waals surface area contributed by atoms with Gasteiger partial charge in [-0.2, -0.15) is 0 Å². The normalized spacial score (nSPS) is 13.0. The summed E-state index contributed by atoms with van der Waals surface area (Å²) in [5, 5.41) is 0. The van der Waals surface area contributed by atoms with E-state index in [0.29, 0.717) is 19.8 Å². The second-order valence-corrected chi connectivity index (χ2v) is 10.3. The molecule has 4 nitrogen and oxygen atoms in total. The van der Waals surface area contributed by atoms with Gasteiger partial charge in [0.05, 0.1) is 32.3 Å². The predicted molar refractivity (Wildman–Crippen MR) is 85.6 cm³/mol. The zero-order chi connectivity index (χ0) is 15.7. The number of ether oxygens (including phenoxy) is 2. The summed E-state index contributed by atoms with van der Waals surface area (Å²) in [5.41, 5.74) is 1.11. The smallest absolute Gasteiger partial charge is 0.308 e. The molecule has 1 aromatic carbocycles. The van der Waals surface area contributed by atoms with Crippen molar-refractivity contribution in [3.05, 3.63) is 35.9 Å². The maximum atomic E-state index is 11.6. The van der Waals surface area contributed by atoms with Crippen LogP contribution in [0.15, 0.2) is 30.3 Å². The number of benzene rings is 1. The highest BCUT2D eigenvalue weighted by Crippen LogP contribution is 2.12. The highest BCUT2D eigenvalue weighted by Gasteiger charge is 2.24. The highest BCUT2D eigenvalue weighted by molar-refractivity contribution is 6.69. The largest absolute Gasteiger partial charge is 0.466 e. The Labute approximate surface area is 128 Å². The van der Waals surface area contributed by atoms with E-state index >= 15 is 0 Å². The summed E-state index contributed by atoms with van der Waals surface area (Å²) in [6.07, 6.45) is 0.00632. The Morgan fingerprint density at radius 3 is 2.43 bits per heavy atom. The van der Waals surface area contributed by atoms with Crippen molar-refractivity contribution < 1.29 is 18.7 Å². The van der Waals surface area contributed by atoms with Gasteiger partial charge in [0.2, 0.25) is 0 Å². The molecule has 1 atom stereocenters. The van der Waals surface area contributed by atoms with Gasteiger partial charge in [0.25, 0.3) is 0 Å². The van der Waals surface area contributed by atoms with Gasteiger partial charge >= 0.3 is 5.97 Å². The van der Waals surface area contributed by atoms with Crippen LogP contribution in [0.1, 0.15) is 18.9 Å². The van der Waals surface area contributed by atoms with Crippen LogP contribution in [0.25, 0.3) is 0 Å². The maximum Gasteiger partial charge on any atom is 0.308 e. The van der Waals surface area contributed by atoms with Crippen molar-refractivity contribution in [2.45, 2.75) is 45.7 Å². The summed E-state index contributed by atoms with van der Waals surface area (Å²) in [6, 6.07) is 9.96. The molecule has 0 aromatic heterocycles. The Hall–Kier alpha value is -1.17. The average molecular weight is 310 g/mol. The molecule has 0 aliphatic carbocycles. The molecule has 0 heterocycles. The maximum absolute atomic E-state index is 11.6. The van der Waals surface area contributed by atoms with Crippen molar-refractivity contribution in [3.63, 3.8) is 0 Å². The topological polar surface area (TPSA) is 44.8 Å². The molecule has 0 bridgehead atoms. The van der Waals surface area contributed by atoms with Gasteiger partial charge in [-0.25, -0.2) is 0 Å². The first-order chi connectivity index (χ1) is 9.90. The third-order valence-corrected chi connectivity index (χ3v) is 3.68. The monoisotopic (exact) mass is 310 g/mol. The van der Waals surface area contributed by atoms with Crippen molar-refractivity contribution in [3.8, 4) is 0 Å². The van der Waals surface area contributed by atoms with E-state index in [9.17, 15) is 4.79 Å². The second-order valence-electron chi connectivity index (χ2n) is 5.86. The minimum absolute atomic E-state index is 0.232. The molecular formula is C16H26O4Si. The van der Waals surface area contributed by atoms with Crippen molar-refractivity contribution in [2.75, 3.05) is 13.2 Å². The Bertz CT molecular complexity index is 414. The van der Waals surface area contributed by atoms with Crippen molar-refractivity contribution in [2.24, 2.45) is 0 Å². The first-order valence-electron chi connectivity index (χ1n) is 7.36. The molecule has 5 heteroatoms. The summed E-state index contributed by atoms with van der Waals surface area (Å²) < 4.78 is 16.7. The van der Waals surface area contributed by atoms with E-state index in [2.05, 4.69) is 19.6 Å². The predicted octanol–water partition coefficient (Wildman–Crippen LogP) is 3.38. The lowest BCUT2D eigenvalue weighted by molar-refractivity contribution is -0.145. The van der Waals surface area contributed by atoms with Crippen LogP contribution in [0.3, 0.4) is 0 Å². The number of hydrogen-bond donors (Lipinski definition) is 0. The number of carbonyl (C=O) groups is 1. The third-order valence-electron chi connectivity index (χ3n) is 2.64. The summed E-state index contributed by atoms with van der Waals surface area (Å²) in [6.45, 7) is 9.42. The van der Waals surface area contributed by atoms with E-state index in [0.717, 1.165) is 5.56 Å². The number of carbonyl (C=O) groups excluding carboxylic acids is 1. The van der Waals surface area contributed by atoms with Crippen LogP contribution in [-0.4, -0.2) is 33.6 Å². The van der Waals surface area contributed by atoms with Crippen LogP contribution in [0.2, 0.25) is 19.6 Å². The number of esters is 1. The first-order valence-corrected chi connectivity index (χ1v) is 10.8. The molecule has 0 fully saturated rings. The molecule has 0 aliphatic rings. The van der Waals surface area contributed by atoms with Crippen LogP contribution < -0.4 is 0 Å². The molecule has 0 amide bonds. The van der Waals surface area contributed by atoms with Crippen molar-refractivity contribution >= 4 is 14.3 Å². The van der Waals surface area contributed by atoms with Gasteiger partial charge in [0.1, 0.15) is 0 Å². The zero-order valence-corrected chi connectivity index (χ0v) is 14.4. The van der Waals surface area contributed by atoms with Crippen LogP contribution in [-0.2, 0) is 25.3 Å². The zero-order valence-electron chi connectivity index (χ0n) is 13.4.